The third-order valence-electron chi connectivity index (χ3n) is 2.73. The SMILES string of the molecule is Cc1ccccc1Cc1nc(CN)oc1C. The van der Waals surface area contributed by atoms with E-state index in [-0.39, 0.29) is 0 Å². The van der Waals surface area contributed by atoms with E-state index >= 15 is 0 Å². The van der Waals surface area contributed by atoms with Gasteiger partial charge in [-0.25, -0.2) is 4.98 Å². The van der Waals surface area contributed by atoms with Crippen molar-refractivity contribution in [2.24, 2.45) is 5.73 Å². The van der Waals surface area contributed by atoms with Gasteiger partial charge in [-0.05, 0) is 25.0 Å². The van der Waals surface area contributed by atoms with Crippen molar-refractivity contribution in [3.05, 3.63) is 52.7 Å². The highest BCUT2D eigenvalue weighted by Gasteiger charge is 2.09. The van der Waals surface area contributed by atoms with E-state index in [4.69, 9.17) is 10.2 Å². The summed E-state index contributed by atoms with van der Waals surface area (Å²) in [7, 11) is 0. The Bertz CT molecular complexity index is 488. The predicted octanol–water partition coefficient (Wildman–Crippen LogP) is 2.34. The van der Waals surface area contributed by atoms with Crippen LogP contribution in [0.2, 0.25) is 0 Å². The van der Waals surface area contributed by atoms with Crippen molar-refractivity contribution >= 4 is 0 Å². The van der Waals surface area contributed by atoms with E-state index in [1.165, 1.54) is 11.1 Å². The first-order chi connectivity index (χ1) is 7.70. The molecule has 0 amide bonds. The van der Waals surface area contributed by atoms with Crippen LogP contribution < -0.4 is 5.73 Å². The van der Waals surface area contributed by atoms with Crippen molar-refractivity contribution in [3.63, 3.8) is 0 Å². The molecule has 3 nitrogen and oxygen atoms in total. The summed E-state index contributed by atoms with van der Waals surface area (Å²) >= 11 is 0. The average Bonchev–Trinajstić information content (AvgIpc) is 2.63. The molecule has 0 unspecified atom stereocenters. The molecule has 0 fully saturated rings. The van der Waals surface area contributed by atoms with Gasteiger partial charge in [0.2, 0.25) is 5.89 Å². The van der Waals surface area contributed by atoms with Gasteiger partial charge in [0.15, 0.2) is 0 Å². The van der Waals surface area contributed by atoms with Crippen molar-refractivity contribution < 1.29 is 4.42 Å². The minimum atomic E-state index is 0.356. The number of aromatic nitrogens is 1. The Labute approximate surface area is 95.3 Å². The normalized spacial score (nSPS) is 10.7. The number of oxazole rings is 1. The molecule has 1 aromatic heterocycles. The van der Waals surface area contributed by atoms with Crippen LogP contribution in [0.15, 0.2) is 28.7 Å². The number of aryl methyl sites for hydroxylation is 2. The molecule has 0 bridgehead atoms. The lowest BCUT2D eigenvalue weighted by molar-refractivity contribution is 0.473. The molecule has 1 aromatic carbocycles. The zero-order valence-electron chi connectivity index (χ0n) is 9.66. The molecule has 0 saturated heterocycles. The molecule has 2 aromatic rings. The van der Waals surface area contributed by atoms with Gasteiger partial charge in [0.05, 0.1) is 12.2 Å². The second-order valence-electron chi connectivity index (χ2n) is 3.92. The van der Waals surface area contributed by atoms with E-state index in [1.807, 2.05) is 19.1 Å². The Morgan fingerprint density at radius 1 is 1.25 bits per heavy atom. The Morgan fingerprint density at radius 3 is 2.62 bits per heavy atom. The Morgan fingerprint density at radius 2 is 2.00 bits per heavy atom. The number of rotatable bonds is 3. The van der Waals surface area contributed by atoms with Gasteiger partial charge in [0.1, 0.15) is 5.76 Å². The summed E-state index contributed by atoms with van der Waals surface area (Å²) in [5, 5.41) is 0. The first kappa shape index (κ1) is 10.9. The third-order valence-corrected chi connectivity index (χ3v) is 2.73. The number of hydrogen-bond acceptors (Lipinski definition) is 3. The molecule has 0 spiro atoms. The van der Waals surface area contributed by atoms with Gasteiger partial charge in [-0.3, -0.25) is 0 Å². The van der Waals surface area contributed by atoms with Crippen molar-refractivity contribution in [2.45, 2.75) is 26.8 Å². The molecule has 2 rings (SSSR count). The van der Waals surface area contributed by atoms with E-state index in [1.54, 1.807) is 0 Å². The molecule has 0 atom stereocenters. The predicted molar refractivity (Wildman–Crippen MR) is 63.1 cm³/mol. The Hall–Kier alpha value is -1.61. The first-order valence-electron chi connectivity index (χ1n) is 5.40. The van der Waals surface area contributed by atoms with Gasteiger partial charge in [0, 0.05) is 6.42 Å². The lowest BCUT2D eigenvalue weighted by atomic mass is 10.0. The van der Waals surface area contributed by atoms with Gasteiger partial charge in [-0.2, -0.15) is 0 Å². The van der Waals surface area contributed by atoms with Gasteiger partial charge in [0.25, 0.3) is 0 Å². The molecule has 0 radical (unpaired) electrons. The average molecular weight is 216 g/mol. The lowest BCUT2D eigenvalue weighted by Gasteiger charge is -2.02. The van der Waals surface area contributed by atoms with Crippen molar-refractivity contribution in [1.29, 1.82) is 0 Å². The summed E-state index contributed by atoms with van der Waals surface area (Å²) in [5.41, 5.74) is 9.04. The summed E-state index contributed by atoms with van der Waals surface area (Å²) in [6.07, 6.45) is 0.808. The first-order valence-corrected chi connectivity index (χ1v) is 5.40. The summed E-state index contributed by atoms with van der Waals surface area (Å²) in [5.74, 6) is 1.48. The fraction of sp³-hybridized carbons (Fsp3) is 0.308. The molecular formula is C13H16N2O. The van der Waals surface area contributed by atoms with E-state index in [2.05, 4.69) is 24.0 Å². The van der Waals surface area contributed by atoms with Crippen LogP contribution in [0, 0.1) is 13.8 Å². The largest absolute Gasteiger partial charge is 0.444 e. The third kappa shape index (κ3) is 2.14. The van der Waals surface area contributed by atoms with Crippen LogP contribution in [0.3, 0.4) is 0 Å². The standard InChI is InChI=1S/C13H16N2O/c1-9-5-3-4-6-11(9)7-12-10(2)16-13(8-14)15-12/h3-6H,7-8,14H2,1-2H3. The van der Waals surface area contributed by atoms with E-state index in [0.29, 0.717) is 12.4 Å². The molecule has 16 heavy (non-hydrogen) atoms. The number of benzene rings is 1. The second kappa shape index (κ2) is 4.49. The molecule has 84 valence electrons. The summed E-state index contributed by atoms with van der Waals surface area (Å²) in [6.45, 7) is 4.39. The topological polar surface area (TPSA) is 52.0 Å². The minimum Gasteiger partial charge on any atom is -0.444 e. The van der Waals surface area contributed by atoms with Gasteiger partial charge in [-0.1, -0.05) is 24.3 Å². The van der Waals surface area contributed by atoms with Crippen molar-refractivity contribution in [1.82, 2.24) is 4.98 Å². The van der Waals surface area contributed by atoms with Crippen LogP contribution in [-0.2, 0) is 13.0 Å². The zero-order valence-corrected chi connectivity index (χ0v) is 9.66. The minimum absolute atomic E-state index is 0.356. The summed E-state index contributed by atoms with van der Waals surface area (Å²) in [4.78, 5) is 4.37. The second-order valence-corrected chi connectivity index (χ2v) is 3.92. The summed E-state index contributed by atoms with van der Waals surface area (Å²) in [6, 6.07) is 8.31. The Kier molecular flexibility index (Phi) is 3.06. The maximum Gasteiger partial charge on any atom is 0.208 e. The van der Waals surface area contributed by atoms with Crippen molar-refractivity contribution in [2.75, 3.05) is 0 Å². The van der Waals surface area contributed by atoms with Gasteiger partial charge in [-0.15, -0.1) is 0 Å². The molecular weight excluding hydrogens is 200 g/mol. The smallest absolute Gasteiger partial charge is 0.208 e. The highest BCUT2D eigenvalue weighted by molar-refractivity contribution is 5.30. The highest BCUT2D eigenvalue weighted by atomic mass is 16.4. The van der Waals surface area contributed by atoms with Crippen LogP contribution in [0.25, 0.3) is 0 Å². The quantitative estimate of drug-likeness (QED) is 0.856. The number of nitrogens with two attached hydrogens (primary N) is 1. The summed E-state index contributed by atoms with van der Waals surface area (Å²) < 4.78 is 5.44. The van der Waals surface area contributed by atoms with Crippen LogP contribution in [0.5, 0.6) is 0 Å². The van der Waals surface area contributed by atoms with E-state index in [9.17, 15) is 0 Å². The zero-order chi connectivity index (χ0) is 11.5. The van der Waals surface area contributed by atoms with Crippen LogP contribution >= 0.6 is 0 Å². The van der Waals surface area contributed by atoms with Crippen molar-refractivity contribution in [3.8, 4) is 0 Å². The molecule has 1 heterocycles. The van der Waals surface area contributed by atoms with Crippen LogP contribution in [0.4, 0.5) is 0 Å². The number of nitrogens with zero attached hydrogens (tertiary/aromatic N) is 1. The lowest BCUT2D eigenvalue weighted by Crippen LogP contribution is -1.97. The Balaban J connectivity index is 2.27. The molecule has 0 saturated carbocycles. The molecule has 2 N–H and O–H groups in total. The van der Waals surface area contributed by atoms with E-state index in [0.717, 1.165) is 17.9 Å². The molecule has 0 aliphatic carbocycles. The van der Waals surface area contributed by atoms with Gasteiger partial charge >= 0.3 is 0 Å². The van der Waals surface area contributed by atoms with Gasteiger partial charge < -0.3 is 10.2 Å². The van der Waals surface area contributed by atoms with E-state index < -0.39 is 0 Å². The maximum atomic E-state index is 5.50. The van der Waals surface area contributed by atoms with Crippen LogP contribution in [-0.4, -0.2) is 4.98 Å². The van der Waals surface area contributed by atoms with Crippen LogP contribution in [0.1, 0.15) is 28.5 Å². The molecule has 3 heteroatoms. The fourth-order valence-corrected chi connectivity index (χ4v) is 1.73. The maximum absolute atomic E-state index is 5.50. The molecule has 0 aliphatic heterocycles. The molecule has 0 aliphatic rings. The fourth-order valence-electron chi connectivity index (χ4n) is 1.73. The highest BCUT2D eigenvalue weighted by Crippen LogP contribution is 2.16. The monoisotopic (exact) mass is 216 g/mol. The number of hydrogen-bond donors (Lipinski definition) is 1.